The predicted octanol–water partition coefficient (Wildman–Crippen LogP) is 0.296. The lowest BCUT2D eigenvalue weighted by molar-refractivity contribution is -0.153. The zero-order valence-corrected chi connectivity index (χ0v) is 10.1. The van der Waals surface area contributed by atoms with Gasteiger partial charge in [-0.3, -0.25) is 9.00 Å². The van der Waals surface area contributed by atoms with Gasteiger partial charge in [-0.15, -0.1) is 0 Å². The monoisotopic (exact) mass is 221 g/mol. The Morgan fingerprint density at radius 3 is 2.43 bits per heavy atom. The van der Waals surface area contributed by atoms with Crippen molar-refractivity contribution in [3.63, 3.8) is 0 Å². The highest BCUT2D eigenvalue weighted by Gasteiger charge is 2.15. The molecule has 0 aliphatic carbocycles. The molecular formula is C9H19NO3S. The molecule has 1 atom stereocenters. The molecule has 1 N–H and O–H groups in total. The number of hydrogen-bond acceptors (Lipinski definition) is 4. The summed E-state index contributed by atoms with van der Waals surface area (Å²) >= 11 is 0. The summed E-state index contributed by atoms with van der Waals surface area (Å²) in [6.07, 6.45) is 1.63. The predicted molar refractivity (Wildman–Crippen MR) is 57.6 cm³/mol. The third kappa shape index (κ3) is 9.67. The summed E-state index contributed by atoms with van der Waals surface area (Å²) in [5.74, 6) is 0.280. The van der Waals surface area contributed by atoms with Crippen LogP contribution in [0.5, 0.6) is 0 Å². The van der Waals surface area contributed by atoms with Crippen molar-refractivity contribution in [2.24, 2.45) is 0 Å². The number of carbonyl (C=O) groups is 1. The second-order valence-electron chi connectivity index (χ2n) is 4.04. The molecule has 1 unspecified atom stereocenters. The zero-order chi connectivity index (χ0) is 11.2. The van der Waals surface area contributed by atoms with Crippen molar-refractivity contribution in [2.75, 3.05) is 25.1 Å². The van der Waals surface area contributed by atoms with E-state index in [2.05, 4.69) is 5.32 Å². The lowest BCUT2D eigenvalue weighted by Gasteiger charge is -2.19. The molecule has 0 aliphatic heterocycles. The molecule has 5 heteroatoms. The van der Waals surface area contributed by atoms with Crippen LogP contribution in [0.15, 0.2) is 0 Å². The highest BCUT2D eigenvalue weighted by molar-refractivity contribution is 7.84. The van der Waals surface area contributed by atoms with Gasteiger partial charge in [0.25, 0.3) is 0 Å². The van der Waals surface area contributed by atoms with E-state index in [0.29, 0.717) is 12.3 Å². The lowest BCUT2D eigenvalue weighted by atomic mass is 10.2. The maximum atomic E-state index is 11.1. The first kappa shape index (κ1) is 13.6. The van der Waals surface area contributed by atoms with Crippen molar-refractivity contribution in [3.8, 4) is 0 Å². The SMILES string of the molecule is CS(=O)CCNCC(=O)OC(C)(C)C. The highest BCUT2D eigenvalue weighted by Crippen LogP contribution is 2.05. The smallest absolute Gasteiger partial charge is 0.320 e. The minimum absolute atomic E-state index is 0.175. The number of carbonyl (C=O) groups excluding carboxylic acids is 1. The molecule has 0 saturated carbocycles. The van der Waals surface area contributed by atoms with Gasteiger partial charge in [-0.25, -0.2) is 0 Å². The van der Waals surface area contributed by atoms with Gasteiger partial charge in [-0.05, 0) is 20.8 Å². The topological polar surface area (TPSA) is 55.4 Å². The van der Waals surface area contributed by atoms with E-state index < -0.39 is 16.4 Å². The molecule has 14 heavy (non-hydrogen) atoms. The zero-order valence-electron chi connectivity index (χ0n) is 9.25. The van der Waals surface area contributed by atoms with E-state index in [9.17, 15) is 9.00 Å². The van der Waals surface area contributed by atoms with Gasteiger partial charge in [0.2, 0.25) is 0 Å². The molecule has 0 fully saturated rings. The molecule has 0 aromatic rings. The minimum Gasteiger partial charge on any atom is -0.459 e. The molecule has 0 spiro atoms. The van der Waals surface area contributed by atoms with E-state index in [1.165, 1.54) is 0 Å². The highest BCUT2D eigenvalue weighted by atomic mass is 32.2. The average Bonchev–Trinajstić information content (AvgIpc) is 1.94. The normalized spacial score (nSPS) is 13.7. The summed E-state index contributed by atoms with van der Waals surface area (Å²) in [4.78, 5) is 11.1. The Balaban J connectivity index is 3.50. The largest absolute Gasteiger partial charge is 0.459 e. The first-order valence-corrected chi connectivity index (χ1v) is 6.26. The van der Waals surface area contributed by atoms with Gasteiger partial charge in [0, 0.05) is 29.4 Å². The van der Waals surface area contributed by atoms with E-state index in [1.54, 1.807) is 6.26 Å². The molecule has 0 aromatic heterocycles. The Kier molecular flexibility index (Phi) is 5.95. The van der Waals surface area contributed by atoms with Gasteiger partial charge in [0.15, 0.2) is 0 Å². The van der Waals surface area contributed by atoms with Gasteiger partial charge >= 0.3 is 5.97 Å². The van der Waals surface area contributed by atoms with Crippen molar-refractivity contribution in [3.05, 3.63) is 0 Å². The number of nitrogens with one attached hydrogen (secondary N) is 1. The number of rotatable bonds is 5. The molecule has 0 rings (SSSR count). The fraction of sp³-hybridized carbons (Fsp3) is 0.889. The van der Waals surface area contributed by atoms with E-state index in [1.807, 2.05) is 20.8 Å². The van der Waals surface area contributed by atoms with Crippen LogP contribution in [0.3, 0.4) is 0 Å². The Labute approximate surface area is 87.9 Å². The Morgan fingerprint density at radius 1 is 1.43 bits per heavy atom. The van der Waals surface area contributed by atoms with Gasteiger partial charge in [-0.1, -0.05) is 0 Å². The van der Waals surface area contributed by atoms with Gasteiger partial charge in [-0.2, -0.15) is 0 Å². The molecule has 0 heterocycles. The standard InChI is InChI=1S/C9H19NO3S/c1-9(2,3)13-8(11)7-10-5-6-14(4)12/h10H,5-7H2,1-4H3. The first-order valence-electron chi connectivity index (χ1n) is 4.54. The summed E-state index contributed by atoms with van der Waals surface area (Å²) in [6, 6.07) is 0. The van der Waals surface area contributed by atoms with Gasteiger partial charge in [0.05, 0.1) is 6.54 Å². The van der Waals surface area contributed by atoms with Crippen molar-refractivity contribution in [2.45, 2.75) is 26.4 Å². The number of esters is 1. The second kappa shape index (κ2) is 6.14. The quantitative estimate of drug-likeness (QED) is 0.536. The lowest BCUT2D eigenvalue weighted by Crippen LogP contribution is -2.33. The molecule has 4 nitrogen and oxygen atoms in total. The van der Waals surface area contributed by atoms with Gasteiger partial charge in [0.1, 0.15) is 5.60 Å². The van der Waals surface area contributed by atoms with Crippen LogP contribution in [0.25, 0.3) is 0 Å². The van der Waals surface area contributed by atoms with Crippen LogP contribution in [0.4, 0.5) is 0 Å². The molecule has 0 radical (unpaired) electrons. The summed E-state index contributed by atoms with van der Waals surface area (Å²) in [5, 5.41) is 2.87. The third-order valence-corrected chi connectivity index (χ3v) is 2.03. The first-order chi connectivity index (χ1) is 6.31. The Morgan fingerprint density at radius 2 is 2.00 bits per heavy atom. The molecule has 0 aliphatic rings. The molecule has 0 bridgehead atoms. The van der Waals surface area contributed by atoms with Crippen LogP contribution in [0, 0.1) is 0 Å². The maximum Gasteiger partial charge on any atom is 0.320 e. The van der Waals surface area contributed by atoms with Crippen molar-refractivity contribution in [1.29, 1.82) is 0 Å². The second-order valence-corrected chi connectivity index (χ2v) is 5.60. The van der Waals surface area contributed by atoms with Crippen LogP contribution < -0.4 is 5.32 Å². The van der Waals surface area contributed by atoms with E-state index in [0.717, 1.165) is 0 Å². The van der Waals surface area contributed by atoms with Crippen molar-refractivity contribution in [1.82, 2.24) is 5.32 Å². The van der Waals surface area contributed by atoms with E-state index in [-0.39, 0.29) is 12.5 Å². The van der Waals surface area contributed by atoms with E-state index >= 15 is 0 Å². The molecule has 84 valence electrons. The average molecular weight is 221 g/mol. The summed E-state index contributed by atoms with van der Waals surface area (Å²) in [5.41, 5.74) is -0.438. The Bertz CT molecular complexity index is 211. The summed E-state index contributed by atoms with van der Waals surface area (Å²) in [7, 11) is -0.814. The fourth-order valence-electron chi connectivity index (χ4n) is 0.784. The number of hydrogen-bond donors (Lipinski definition) is 1. The van der Waals surface area contributed by atoms with Crippen LogP contribution in [-0.2, 0) is 20.3 Å². The molecule has 0 aromatic carbocycles. The van der Waals surface area contributed by atoms with E-state index in [4.69, 9.17) is 4.74 Å². The van der Waals surface area contributed by atoms with Crippen molar-refractivity contribution < 1.29 is 13.7 Å². The Hall–Kier alpha value is -0.420. The van der Waals surface area contributed by atoms with Crippen LogP contribution in [0.2, 0.25) is 0 Å². The third-order valence-electron chi connectivity index (χ3n) is 1.26. The fourth-order valence-corrected chi connectivity index (χ4v) is 1.22. The summed E-state index contributed by atoms with van der Waals surface area (Å²) < 4.78 is 15.7. The number of ether oxygens (including phenoxy) is 1. The van der Waals surface area contributed by atoms with Crippen LogP contribution >= 0.6 is 0 Å². The van der Waals surface area contributed by atoms with Crippen LogP contribution in [-0.4, -0.2) is 40.9 Å². The molecule has 0 saturated heterocycles. The van der Waals surface area contributed by atoms with Crippen LogP contribution in [0.1, 0.15) is 20.8 Å². The molecular weight excluding hydrogens is 202 g/mol. The maximum absolute atomic E-state index is 11.1. The molecule has 0 amide bonds. The minimum atomic E-state index is -0.814. The van der Waals surface area contributed by atoms with Crippen molar-refractivity contribution >= 4 is 16.8 Å². The van der Waals surface area contributed by atoms with Gasteiger partial charge < -0.3 is 10.1 Å². The summed E-state index contributed by atoms with van der Waals surface area (Å²) in [6.45, 7) is 6.22.